The highest BCUT2D eigenvalue weighted by Crippen LogP contribution is 2.38. The minimum atomic E-state index is 0.0923. The van der Waals surface area contributed by atoms with Crippen LogP contribution < -0.4 is 14.8 Å². The first kappa shape index (κ1) is 24.3. The molecule has 0 aromatic heterocycles. The van der Waals surface area contributed by atoms with Gasteiger partial charge in [-0.15, -0.1) is 0 Å². The lowest BCUT2D eigenvalue weighted by Gasteiger charge is -2.30. The number of ether oxygens (including phenoxy) is 2. The van der Waals surface area contributed by atoms with Crippen molar-refractivity contribution in [3.05, 3.63) is 59.2 Å². The maximum atomic E-state index is 6.23. The molecule has 0 fully saturated rings. The Kier molecular flexibility index (Phi) is 8.78. The molecule has 0 aliphatic carbocycles. The molecule has 0 amide bonds. The first-order valence-electron chi connectivity index (χ1n) is 11.4. The Balaban J connectivity index is 1.88. The lowest BCUT2D eigenvalue weighted by atomic mass is 9.76. The summed E-state index contributed by atoms with van der Waals surface area (Å²) in [5.74, 6) is 1.92. The summed E-state index contributed by atoms with van der Waals surface area (Å²) >= 11 is 0. The van der Waals surface area contributed by atoms with E-state index in [1.807, 2.05) is 18.2 Å². The molecule has 0 heterocycles. The van der Waals surface area contributed by atoms with Gasteiger partial charge in [-0.25, -0.2) is 0 Å². The second-order valence-electron chi connectivity index (χ2n) is 9.49. The van der Waals surface area contributed by atoms with Crippen LogP contribution in [0.15, 0.2) is 42.5 Å². The largest absolute Gasteiger partial charge is 0.493 e. The highest BCUT2D eigenvalue weighted by Gasteiger charge is 2.26. The van der Waals surface area contributed by atoms with E-state index in [0.717, 1.165) is 37.3 Å². The molecule has 1 N–H and O–H groups in total. The SMILES string of the molecule is CCC(C)(C)c1ccc(OCCCNCOc2cccc(C)c2)c(C(C)(C)CC)c1. The molecule has 3 heteroatoms. The Hall–Kier alpha value is -2.00. The summed E-state index contributed by atoms with van der Waals surface area (Å²) in [5.41, 5.74) is 4.19. The Morgan fingerprint density at radius 3 is 2.27 bits per heavy atom. The van der Waals surface area contributed by atoms with Gasteiger partial charge in [-0.1, -0.05) is 65.8 Å². The van der Waals surface area contributed by atoms with Gasteiger partial charge in [0.1, 0.15) is 18.2 Å². The summed E-state index contributed by atoms with van der Waals surface area (Å²) in [7, 11) is 0. The van der Waals surface area contributed by atoms with Crippen molar-refractivity contribution in [2.45, 2.75) is 78.6 Å². The van der Waals surface area contributed by atoms with E-state index in [4.69, 9.17) is 9.47 Å². The van der Waals surface area contributed by atoms with Crippen molar-refractivity contribution in [3.8, 4) is 11.5 Å². The maximum Gasteiger partial charge on any atom is 0.139 e. The molecule has 0 saturated heterocycles. The molecule has 2 aromatic rings. The van der Waals surface area contributed by atoms with Gasteiger partial charge in [0.05, 0.1) is 6.61 Å². The van der Waals surface area contributed by atoms with E-state index in [1.54, 1.807) is 0 Å². The first-order valence-corrected chi connectivity index (χ1v) is 11.4. The van der Waals surface area contributed by atoms with Crippen molar-refractivity contribution < 1.29 is 9.47 Å². The van der Waals surface area contributed by atoms with Crippen molar-refractivity contribution in [2.75, 3.05) is 19.9 Å². The quantitative estimate of drug-likeness (QED) is 0.309. The Morgan fingerprint density at radius 1 is 0.867 bits per heavy atom. The number of benzene rings is 2. The van der Waals surface area contributed by atoms with Crippen molar-refractivity contribution in [1.82, 2.24) is 5.32 Å². The second kappa shape index (κ2) is 10.9. The van der Waals surface area contributed by atoms with Gasteiger partial charge in [0.15, 0.2) is 0 Å². The predicted molar refractivity (Wildman–Crippen MR) is 128 cm³/mol. The Morgan fingerprint density at radius 2 is 1.60 bits per heavy atom. The number of nitrogens with one attached hydrogen (secondary N) is 1. The lowest BCUT2D eigenvalue weighted by molar-refractivity contribution is 0.264. The molecular formula is C27H41NO2. The summed E-state index contributed by atoms with van der Waals surface area (Å²) < 4.78 is 12.0. The average Bonchev–Trinajstić information content (AvgIpc) is 2.73. The molecule has 2 aromatic carbocycles. The summed E-state index contributed by atoms with van der Waals surface area (Å²) in [6, 6.07) is 14.9. The van der Waals surface area contributed by atoms with E-state index < -0.39 is 0 Å². The molecule has 0 aliphatic heterocycles. The van der Waals surface area contributed by atoms with Gasteiger partial charge in [0.2, 0.25) is 0 Å². The van der Waals surface area contributed by atoms with Crippen molar-refractivity contribution in [3.63, 3.8) is 0 Å². The number of aryl methyl sites for hydroxylation is 1. The number of rotatable bonds is 12. The van der Waals surface area contributed by atoms with E-state index in [9.17, 15) is 0 Å². The van der Waals surface area contributed by atoms with Gasteiger partial charge in [-0.05, 0) is 66.3 Å². The normalized spacial score (nSPS) is 12.1. The van der Waals surface area contributed by atoms with Crippen LogP contribution in [0.1, 0.15) is 77.5 Å². The van der Waals surface area contributed by atoms with Crippen molar-refractivity contribution in [1.29, 1.82) is 0 Å². The fourth-order valence-electron chi connectivity index (χ4n) is 3.29. The molecule has 0 bridgehead atoms. The summed E-state index contributed by atoms with van der Waals surface area (Å²) in [6.45, 7) is 17.9. The number of hydrogen-bond donors (Lipinski definition) is 1. The zero-order valence-corrected chi connectivity index (χ0v) is 20.1. The molecule has 2 rings (SSSR count). The van der Waals surface area contributed by atoms with Crippen LogP contribution in [0.2, 0.25) is 0 Å². The molecule has 3 nitrogen and oxygen atoms in total. The van der Waals surface area contributed by atoms with Crippen LogP contribution in [0.4, 0.5) is 0 Å². The zero-order chi connectivity index (χ0) is 22.2. The predicted octanol–water partition coefficient (Wildman–Crippen LogP) is 6.77. The van der Waals surface area contributed by atoms with E-state index in [0.29, 0.717) is 13.3 Å². The minimum absolute atomic E-state index is 0.0923. The topological polar surface area (TPSA) is 30.5 Å². The highest BCUT2D eigenvalue weighted by atomic mass is 16.5. The zero-order valence-electron chi connectivity index (χ0n) is 20.1. The molecule has 0 atom stereocenters. The van der Waals surface area contributed by atoms with Gasteiger partial charge in [-0.2, -0.15) is 0 Å². The van der Waals surface area contributed by atoms with Crippen LogP contribution in [-0.4, -0.2) is 19.9 Å². The van der Waals surface area contributed by atoms with Gasteiger partial charge in [-0.3, -0.25) is 5.32 Å². The van der Waals surface area contributed by atoms with Crippen LogP contribution in [0.3, 0.4) is 0 Å². The fourth-order valence-corrected chi connectivity index (χ4v) is 3.29. The van der Waals surface area contributed by atoms with Gasteiger partial charge in [0, 0.05) is 12.1 Å². The first-order chi connectivity index (χ1) is 14.2. The van der Waals surface area contributed by atoms with Gasteiger partial charge < -0.3 is 9.47 Å². The average molecular weight is 412 g/mol. The smallest absolute Gasteiger partial charge is 0.139 e. The van der Waals surface area contributed by atoms with E-state index >= 15 is 0 Å². The van der Waals surface area contributed by atoms with Gasteiger partial charge in [0.25, 0.3) is 0 Å². The Labute approximate surface area is 184 Å². The number of hydrogen-bond acceptors (Lipinski definition) is 3. The van der Waals surface area contributed by atoms with Crippen LogP contribution in [0.5, 0.6) is 11.5 Å². The van der Waals surface area contributed by atoms with Crippen LogP contribution >= 0.6 is 0 Å². The molecule has 166 valence electrons. The summed E-state index contributed by atoms with van der Waals surface area (Å²) in [4.78, 5) is 0. The molecular weight excluding hydrogens is 370 g/mol. The lowest BCUT2D eigenvalue weighted by Crippen LogP contribution is -2.23. The van der Waals surface area contributed by atoms with Crippen molar-refractivity contribution in [2.24, 2.45) is 0 Å². The van der Waals surface area contributed by atoms with E-state index in [-0.39, 0.29) is 10.8 Å². The third-order valence-electron chi connectivity index (χ3n) is 6.34. The maximum absolute atomic E-state index is 6.23. The monoisotopic (exact) mass is 411 g/mol. The molecule has 30 heavy (non-hydrogen) atoms. The molecule has 0 unspecified atom stereocenters. The van der Waals surface area contributed by atoms with E-state index in [1.165, 1.54) is 16.7 Å². The van der Waals surface area contributed by atoms with Crippen LogP contribution in [0.25, 0.3) is 0 Å². The fraction of sp³-hybridized carbons (Fsp3) is 0.556. The third kappa shape index (κ3) is 6.77. The highest BCUT2D eigenvalue weighted by molar-refractivity contribution is 5.44. The Bertz CT molecular complexity index is 795. The van der Waals surface area contributed by atoms with E-state index in [2.05, 4.69) is 78.0 Å². The minimum Gasteiger partial charge on any atom is -0.493 e. The molecule has 0 radical (unpaired) electrons. The standard InChI is InChI=1S/C27H41NO2/c1-8-26(4,5)22-14-15-25(24(19-22)27(6,7)9-2)29-17-11-16-28-20-30-23-13-10-12-21(3)18-23/h10,12-15,18-19,28H,8-9,11,16-17,20H2,1-7H3. The molecule has 0 saturated carbocycles. The molecule has 0 aliphatic rings. The molecule has 0 spiro atoms. The third-order valence-corrected chi connectivity index (χ3v) is 6.34. The van der Waals surface area contributed by atoms with Crippen molar-refractivity contribution >= 4 is 0 Å². The summed E-state index contributed by atoms with van der Waals surface area (Å²) in [6.07, 6.45) is 3.14. The second-order valence-corrected chi connectivity index (χ2v) is 9.49. The van der Waals surface area contributed by atoms with Gasteiger partial charge >= 0.3 is 0 Å². The van der Waals surface area contributed by atoms with Crippen LogP contribution in [0, 0.1) is 6.92 Å². The van der Waals surface area contributed by atoms with Crippen LogP contribution in [-0.2, 0) is 10.8 Å². The summed E-state index contributed by atoms with van der Waals surface area (Å²) in [5, 5.41) is 3.33.